The molecule has 0 radical (unpaired) electrons. The predicted molar refractivity (Wildman–Crippen MR) is 147 cm³/mol. The van der Waals surface area contributed by atoms with Crippen LogP contribution in [-0.4, -0.2) is 13.3 Å². The number of hydrogen-bond donors (Lipinski definition) is 0. The van der Waals surface area contributed by atoms with Crippen molar-refractivity contribution in [3.8, 4) is 5.75 Å². The van der Waals surface area contributed by atoms with E-state index in [9.17, 15) is 4.39 Å². The summed E-state index contributed by atoms with van der Waals surface area (Å²) >= 11 is 0. The van der Waals surface area contributed by atoms with Crippen LogP contribution in [0.2, 0.25) is 0 Å². The molecular formula is C31H34FOP. The first kappa shape index (κ1) is 24.2. The molecule has 4 rings (SSSR count). The van der Waals surface area contributed by atoms with Gasteiger partial charge in [-0.3, -0.25) is 0 Å². The van der Waals surface area contributed by atoms with Crippen molar-refractivity contribution in [2.75, 3.05) is 13.3 Å². The van der Waals surface area contributed by atoms with E-state index in [2.05, 4.69) is 104 Å². The van der Waals surface area contributed by atoms with Crippen LogP contribution in [-0.2, 0) is 12.6 Å². The Morgan fingerprint density at radius 3 is 1.71 bits per heavy atom. The first-order valence-corrected chi connectivity index (χ1v) is 14.4. The molecular weight excluding hydrogens is 438 g/mol. The number of benzene rings is 4. The van der Waals surface area contributed by atoms with Crippen LogP contribution in [0.3, 0.4) is 0 Å². The zero-order valence-electron chi connectivity index (χ0n) is 19.9. The normalized spacial score (nSPS) is 11.8. The van der Waals surface area contributed by atoms with Gasteiger partial charge < -0.3 is 0 Å². The third-order valence-corrected chi connectivity index (χ3v) is 11.4. The fraction of sp³-hybridized carbons (Fsp3) is 0.226. The van der Waals surface area contributed by atoms with Gasteiger partial charge in [-0.25, -0.2) is 0 Å². The van der Waals surface area contributed by atoms with Gasteiger partial charge in [-0.1, -0.05) is 0 Å². The molecule has 0 fully saturated rings. The van der Waals surface area contributed by atoms with E-state index in [1.807, 2.05) is 12.1 Å². The molecule has 176 valence electrons. The second-order valence-electron chi connectivity index (χ2n) is 8.80. The molecule has 0 spiro atoms. The summed E-state index contributed by atoms with van der Waals surface area (Å²) in [6.45, 7) is 1.84. The Morgan fingerprint density at radius 2 is 1.18 bits per heavy atom. The van der Waals surface area contributed by atoms with Crippen LogP contribution in [0.5, 0.6) is 5.75 Å². The van der Waals surface area contributed by atoms with Gasteiger partial charge in [-0.2, -0.15) is 0 Å². The number of unbranched alkanes of at least 4 members (excludes halogenated alkanes) is 1. The number of alkyl halides is 1. The van der Waals surface area contributed by atoms with Crippen molar-refractivity contribution in [3.63, 3.8) is 0 Å². The van der Waals surface area contributed by atoms with Gasteiger partial charge in [0.2, 0.25) is 0 Å². The first-order chi connectivity index (χ1) is 16.8. The third kappa shape index (κ3) is 5.57. The summed E-state index contributed by atoms with van der Waals surface area (Å²) in [4.78, 5) is 0. The average Bonchev–Trinajstić information content (AvgIpc) is 2.91. The molecule has 0 heterocycles. The Kier molecular flexibility index (Phi) is 8.50. The van der Waals surface area contributed by atoms with E-state index < -0.39 is 13.9 Å². The fourth-order valence-electron chi connectivity index (χ4n) is 4.75. The fourth-order valence-corrected chi connectivity index (χ4v) is 9.47. The molecule has 4 aromatic rings. The van der Waals surface area contributed by atoms with Crippen molar-refractivity contribution in [3.05, 3.63) is 120 Å². The van der Waals surface area contributed by atoms with Crippen LogP contribution >= 0.6 is 7.26 Å². The van der Waals surface area contributed by atoms with Gasteiger partial charge in [-0.05, 0) is 0 Å². The van der Waals surface area contributed by atoms with Crippen LogP contribution in [0.25, 0.3) is 0 Å². The van der Waals surface area contributed by atoms with E-state index in [0.717, 1.165) is 12.6 Å². The summed E-state index contributed by atoms with van der Waals surface area (Å²) in [6, 6.07) is 39.5. The molecule has 0 aliphatic rings. The molecule has 0 amide bonds. The molecule has 0 atom stereocenters. The number of rotatable bonds is 11. The van der Waals surface area contributed by atoms with Crippen molar-refractivity contribution in [2.45, 2.75) is 32.3 Å². The molecule has 0 bridgehead atoms. The summed E-state index contributed by atoms with van der Waals surface area (Å²) in [5.41, 5.74) is 2.77. The first-order valence-electron chi connectivity index (χ1n) is 12.2. The second-order valence-corrected chi connectivity index (χ2v) is 12.7. The summed E-state index contributed by atoms with van der Waals surface area (Å²) in [5.74, 6) is 0.714. The molecule has 34 heavy (non-hydrogen) atoms. The molecule has 0 N–H and O–H groups in total. The van der Waals surface area contributed by atoms with Crippen LogP contribution in [0.15, 0.2) is 109 Å². The number of aryl methyl sites for hydroxylation is 1. The molecule has 0 saturated carbocycles. The van der Waals surface area contributed by atoms with E-state index >= 15 is 0 Å². The number of halogens is 1. The quantitative estimate of drug-likeness (QED) is 0.223. The zero-order valence-corrected chi connectivity index (χ0v) is 20.9. The van der Waals surface area contributed by atoms with Crippen molar-refractivity contribution in [1.29, 1.82) is 0 Å². The van der Waals surface area contributed by atoms with Crippen molar-refractivity contribution in [1.82, 2.24) is 0 Å². The molecule has 4 aromatic carbocycles. The number of hydrogen-bond acceptors (Lipinski definition) is 1. The summed E-state index contributed by atoms with van der Waals surface area (Å²) in [7, 11) is -2.39. The van der Waals surface area contributed by atoms with Crippen LogP contribution in [0.4, 0.5) is 4.39 Å². The summed E-state index contributed by atoms with van der Waals surface area (Å²) in [6.07, 6.45) is 4.55. The average molecular weight is 473 g/mol. The Hall–Kier alpha value is -2.96. The van der Waals surface area contributed by atoms with Crippen LogP contribution in [0.1, 0.15) is 30.9 Å². The monoisotopic (exact) mass is 472 g/mol. The standard InChI is InChI=1S/C31H34FOP/c1-2-3-10-26-15-17-27(18-16-26)25-34(29-11-6-4-7-12-29,30-13-8-5-9-14-30)31-21-19-28(20-22-31)33-24-23-32/h4-9,11-22,34H,2-3,10,23-25H2,1H3. The molecule has 0 aliphatic carbocycles. The van der Waals surface area contributed by atoms with Crippen molar-refractivity contribution >= 4 is 23.2 Å². The van der Waals surface area contributed by atoms with Crippen molar-refractivity contribution < 1.29 is 9.13 Å². The van der Waals surface area contributed by atoms with E-state index in [4.69, 9.17) is 4.74 Å². The van der Waals surface area contributed by atoms with Gasteiger partial charge in [-0.15, -0.1) is 0 Å². The molecule has 3 heteroatoms. The van der Waals surface area contributed by atoms with Crippen molar-refractivity contribution in [2.24, 2.45) is 0 Å². The third-order valence-electron chi connectivity index (χ3n) is 6.54. The number of ether oxygens (including phenoxy) is 1. The van der Waals surface area contributed by atoms with Crippen LogP contribution < -0.4 is 20.7 Å². The SMILES string of the molecule is CCCCc1ccc(C[PH](c2ccccc2)(c2ccccc2)c2ccc(OCCF)cc2)cc1. The van der Waals surface area contributed by atoms with Gasteiger partial charge in [0.25, 0.3) is 0 Å². The van der Waals surface area contributed by atoms with E-state index in [0.29, 0.717) is 5.75 Å². The van der Waals surface area contributed by atoms with Gasteiger partial charge in [0.15, 0.2) is 0 Å². The molecule has 0 unspecified atom stereocenters. The molecule has 1 nitrogen and oxygen atoms in total. The van der Waals surface area contributed by atoms with Gasteiger partial charge in [0, 0.05) is 0 Å². The Balaban J connectivity index is 1.82. The van der Waals surface area contributed by atoms with Crippen LogP contribution in [0, 0.1) is 0 Å². The van der Waals surface area contributed by atoms with Gasteiger partial charge >= 0.3 is 204 Å². The topological polar surface area (TPSA) is 9.23 Å². The Morgan fingerprint density at radius 1 is 0.647 bits per heavy atom. The molecule has 0 saturated heterocycles. The zero-order chi connectivity index (χ0) is 23.6. The molecule has 0 aliphatic heterocycles. The van der Waals surface area contributed by atoms with Gasteiger partial charge in [0.05, 0.1) is 0 Å². The summed E-state index contributed by atoms with van der Waals surface area (Å²) in [5, 5.41) is 4.09. The Bertz CT molecular complexity index is 1090. The maximum atomic E-state index is 12.6. The van der Waals surface area contributed by atoms with E-state index in [1.54, 1.807) is 0 Å². The summed E-state index contributed by atoms with van der Waals surface area (Å²) < 4.78 is 18.1. The Labute approximate surface area is 204 Å². The molecule has 0 aromatic heterocycles. The van der Waals surface area contributed by atoms with E-state index in [-0.39, 0.29) is 6.61 Å². The minimum absolute atomic E-state index is 0.0870. The second kappa shape index (κ2) is 12.0. The van der Waals surface area contributed by atoms with E-state index in [1.165, 1.54) is 39.9 Å². The predicted octanol–water partition coefficient (Wildman–Crippen LogP) is 6.60. The minimum atomic E-state index is -2.39. The van der Waals surface area contributed by atoms with Gasteiger partial charge in [0.1, 0.15) is 0 Å². The maximum absolute atomic E-state index is 12.6.